The van der Waals surface area contributed by atoms with Gasteiger partial charge in [0.2, 0.25) is 0 Å². The number of nitrogens with zero attached hydrogens (tertiary/aromatic N) is 1. The van der Waals surface area contributed by atoms with E-state index in [1.807, 2.05) is 29.8 Å². The summed E-state index contributed by atoms with van der Waals surface area (Å²) >= 11 is 0. The van der Waals surface area contributed by atoms with E-state index in [0.29, 0.717) is 13.0 Å². The molecule has 3 nitrogen and oxygen atoms in total. The lowest BCUT2D eigenvalue weighted by Gasteiger charge is -2.10. The van der Waals surface area contributed by atoms with Crippen LogP contribution in [0.2, 0.25) is 0 Å². The van der Waals surface area contributed by atoms with Gasteiger partial charge in [-0.3, -0.25) is 0 Å². The molecule has 0 fully saturated rings. The molecule has 0 aliphatic rings. The van der Waals surface area contributed by atoms with Gasteiger partial charge in [0, 0.05) is 31.6 Å². The molecule has 0 aliphatic carbocycles. The Kier molecular flexibility index (Phi) is 6.21. The van der Waals surface area contributed by atoms with Crippen LogP contribution in [0.5, 0.6) is 0 Å². The number of halogens is 3. The molecule has 1 heterocycles. The van der Waals surface area contributed by atoms with Gasteiger partial charge in [-0.15, -0.1) is 0 Å². The number of alkyl halides is 3. The van der Waals surface area contributed by atoms with E-state index in [-0.39, 0.29) is 6.61 Å². The Balaban J connectivity index is 2.21. The Morgan fingerprint density at radius 1 is 1.39 bits per heavy atom. The largest absolute Gasteiger partial charge is 0.411 e. The molecule has 0 bridgehead atoms. The van der Waals surface area contributed by atoms with Crippen LogP contribution >= 0.6 is 0 Å². The van der Waals surface area contributed by atoms with Crippen LogP contribution < -0.4 is 5.32 Å². The fourth-order valence-electron chi connectivity index (χ4n) is 1.61. The minimum Gasteiger partial charge on any atom is -0.372 e. The van der Waals surface area contributed by atoms with E-state index < -0.39 is 12.8 Å². The molecule has 0 unspecified atom stereocenters. The van der Waals surface area contributed by atoms with Gasteiger partial charge in [0.05, 0.1) is 0 Å². The first-order valence-electron chi connectivity index (χ1n) is 6.02. The minimum atomic E-state index is -4.23. The van der Waals surface area contributed by atoms with Crippen LogP contribution in [0.4, 0.5) is 13.2 Å². The fourth-order valence-corrected chi connectivity index (χ4v) is 1.61. The molecule has 0 saturated heterocycles. The lowest BCUT2D eigenvalue weighted by atomic mass is 10.4. The molecule has 0 radical (unpaired) electrons. The molecule has 0 spiro atoms. The number of aromatic nitrogens is 1. The van der Waals surface area contributed by atoms with Gasteiger partial charge in [-0.25, -0.2) is 0 Å². The van der Waals surface area contributed by atoms with Gasteiger partial charge in [0.1, 0.15) is 6.61 Å². The highest BCUT2D eigenvalue weighted by molar-refractivity contribution is 5.06. The van der Waals surface area contributed by atoms with E-state index in [1.54, 1.807) is 0 Å². The van der Waals surface area contributed by atoms with Crippen molar-refractivity contribution in [3.05, 3.63) is 24.0 Å². The normalized spacial score (nSPS) is 12.0. The standard InChI is InChI=1S/C12H19F3N2O/c1-2-16-9-11-5-3-6-17(11)7-4-8-18-10-12(13,14)15/h3,5-6,16H,2,4,7-10H2,1H3. The van der Waals surface area contributed by atoms with Crippen molar-refractivity contribution in [1.29, 1.82) is 0 Å². The predicted octanol–water partition coefficient (Wildman–Crippen LogP) is 2.57. The van der Waals surface area contributed by atoms with Gasteiger partial charge in [-0.05, 0) is 25.1 Å². The molecule has 1 rings (SSSR count). The first-order valence-corrected chi connectivity index (χ1v) is 6.02. The molecule has 0 atom stereocenters. The highest BCUT2D eigenvalue weighted by Crippen LogP contribution is 2.14. The predicted molar refractivity (Wildman–Crippen MR) is 63.3 cm³/mol. The average molecular weight is 264 g/mol. The molecule has 0 aliphatic heterocycles. The van der Waals surface area contributed by atoms with Gasteiger partial charge < -0.3 is 14.6 Å². The number of ether oxygens (including phenoxy) is 1. The summed E-state index contributed by atoms with van der Waals surface area (Å²) in [5.74, 6) is 0. The number of nitrogens with one attached hydrogen (secondary N) is 1. The third kappa shape index (κ3) is 6.07. The van der Waals surface area contributed by atoms with Crippen LogP contribution in [0.15, 0.2) is 18.3 Å². The summed E-state index contributed by atoms with van der Waals surface area (Å²) in [5.41, 5.74) is 1.13. The van der Waals surface area contributed by atoms with E-state index in [2.05, 4.69) is 10.1 Å². The number of hydrogen-bond donors (Lipinski definition) is 1. The van der Waals surface area contributed by atoms with Crippen molar-refractivity contribution in [2.45, 2.75) is 32.6 Å². The van der Waals surface area contributed by atoms with Crippen molar-refractivity contribution in [3.63, 3.8) is 0 Å². The lowest BCUT2D eigenvalue weighted by molar-refractivity contribution is -0.174. The van der Waals surface area contributed by atoms with E-state index in [0.717, 1.165) is 18.8 Å². The highest BCUT2D eigenvalue weighted by atomic mass is 19.4. The summed E-state index contributed by atoms with van der Waals surface area (Å²) in [6, 6.07) is 3.93. The molecule has 104 valence electrons. The van der Waals surface area contributed by atoms with E-state index in [9.17, 15) is 13.2 Å². The summed E-state index contributed by atoms with van der Waals surface area (Å²) in [5, 5.41) is 3.21. The van der Waals surface area contributed by atoms with Crippen molar-refractivity contribution in [3.8, 4) is 0 Å². The summed E-state index contributed by atoms with van der Waals surface area (Å²) in [6.45, 7) is 3.32. The zero-order valence-electron chi connectivity index (χ0n) is 10.5. The zero-order chi connectivity index (χ0) is 13.4. The number of aryl methyl sites for hydroxylation is 1. The van der Waals surface area contributed by atoms with Crippen LogP contribution in [-0.4, -0.2) is 30.5 Å². The van der Waals surface area contributed by atoms with E-state index in [1.165, 1.54) is 0 Å². The van der Waals surface area contributed by atoms with Gasteiger partial charge in [0.15, 0.2) is 0 Å². The van der Waals surface area contributed by atoms with Crippen molar-refractivity contribution in [2.24, 2.45) is 0 Å². The second-order valence-electron chi connectivity index (χ2n) is 3.99. The summed E-state index contributed by atoms with van der Waals surface area (Å²) in [4.78, 5) is 0. The maximum absolute atomic E-state index is 11.8. The maximum Gasteiger partial charge on any atom is 0.411 e. The minimum absolute atomic E-state index is 0.123. The lowest BCUT2D eigenvalue weighted by Crippen LogP contribution is -2.18. The average Bonchev–Trinajstić information content (AvgIpc) is 2.72. The van der Waals surface area contributed by atoms with Gasteiger partial charge in [0.25, 0.3) is 0 Å². The Hall–Kier alpha value is -1.01. The molecular weight excluding hydrogens is 245 g/mol. The Morgan fingerprint density at radius 2 is 2.17 bits per heavy atom. The first kappa shape index (κ1) is 15.0. The molecule has 1 aromatic rings. The van der Waals surface area contributed by atoms with Crippen molar-refractivity contribution in [1.82, 2.24) is 9.88 Å². The monoisotopic (exact) mass is 264 g/mol. The molecule has 1 N–H and O–H groups in total. The third-order valence-electron chi connectivity index (χ3n) is 2.43. The highest BCUT2D eigenvalue weighted by Gasteiger charge is 2.27. The van der Waals surface area contributed by atoms with Crippen molar-refractivity contribution >= 4 is 0 Å². The van der Waals surface area contributed by atoms with Crippen LogP contribution in [0.1, 0.15) is 19.0 Å². The second kappa shape index (κ2) is 7.43. The Morgan fingerprint density at radius 3 is 2.83 bits per heavy atom. The molecule has 0 amide bonds. The molecular formula is C12H19F3N2O. The summed E-state index contributed by atoms with van der Waals surface area (Å²) in [7, 11) is 0. The fraction of sp³-hybridized carbons (Fsp3) is 0.667. The number of hydrogen-bond acceptors (Lipinski definition) is 2. The van der Waals surface area contributed by atoms with Crippen molar-refractivity contribution in [2.75, 3.05) is 19.8 Å². The Bertz CT molecular complexity index is 336. The maximum atomic E-state index is 11.8. The molecule has 1 aromatic heterocycles. The second-order valence-corrected chi connectivity index (χ2v) is 3.99. The molecule has 6 heteroatoms. The van der Waals surface area contributed by atoms with Crippen LogP contribution in [0.25, 0.3) is 0 Å². The molecule has 0 saturated carbocycles. The smallest absolute Gasteiger partial charge is 0.372 e. The number of rotatable bonds is 8. The van der Waals surface area contributed by atoms with Gasteiger partial charge in [-0.2, -0.15) is 13.2 Å². The van der Waals surface area contributed by atoms with Crippen LogP contribution in [0, 0.1) is 0 Å². The van der Waals surface area contributed by atoms with Crippen LogP contribution in [-0.2, 0) is 17.8 Å². The third-order valence-corrected chi connectivity index (χ3v) is 2.43. The topological polar surface area (TPSA) is 26.2 Å². The Labute approximate surface area is 105 Å². The van der Waals surface area contributed by atoms with Gasteiger partial charge >= 0.3 is 6.18 Å². The van der Waals surface area contributed by atoms with Gasteiger partial charge in [-0.1, -0.05) is 6.92 Å². The van der Waals surface area contributed by atoms with E-state index >= 15 is 0 Å². The zero-order valence-corrected chi connectivity index (χ0v) is 10.5. The van der Waals surface area contributed by atoms with Crippen molar-refractivity contribution < 1.29 is 17.9 Å². The molecule has 0 aromatic carbocycles. The van der Waals surface area contributed by atoms with Crippen LogP contribution in [0.3, 0.4) is 0 Å². The SMILES string of the molecule is CCNCc1cccn1CCCOCC(F)(F)F. The van der Waals surface area contributed by atoms with E-state index in [4.69, 9.17) is 0 Å². The first-order chi connectivity index (χ1) is 8.53. The quantitative estimate of drug-likeness (QED) is 0.730. The summed E-state index contributed by atoms with van der Waals surface area (Å²) in [6.07, 6.45) is -1.73. The summed E-state index contributed by atoms with van der Waals surface area (Å²) < 4.78 is 42.1. The molecule has 18 heavy (non-hydrogen) atoms.